The summed E-state index contributed by atoms with van der Waals surface area (Å²) in [6.45, 7) is 0.781. The number of thioether (sulfide) groups is 1. The molecule has 2 N–H and O–H groups in total. The summed E-state index contributed by atoms with van der Waals surface area (Å²) in [5, 5.41) is 0. The second-order valence-electron chi connectivity index (χ2n) is 4.02. The number of ether oxygens (including phenoxy) is 1. The SMILES string of the molecule is COc1ccc(SC2(CN)CCC2)cc1. The molecule has 0 spiro atoms. The Bertz CT molecular complexity index is 313. The predicted octanol–water partition coefficient (Wildman–Crippen LogP) is 2.67. The fourth-order valence-electron chi connectivity index (χ4n) is 1.81. The van der Waals surface area contributed by atoms with E-state index in [9.17, 15) is 0 Å². The smallest absolute Gasteiger partial charge is 0.118 e. The summed E-state index contributed by atoms with van der Waals surface area (Å²) in [6, 6.07) is 8.23. The van der Waals surface area contributed by atoms with Crippen molar-refractivity contribution in [2.24, 2.45) is 5.73 Å². The molecule has 1 aromatic rings. The van der Waals surface area contributed by atoms with Crippen LogP contribution in [0.5, 0.6) is 5.75 Å². The highest BCUT2D eigenvalue weighted by Gasteiger charge is 2.36. The van der Waals surface area contributed by atoms with Crippen LogP contribution < -0.4 is 10.5 Å². The summed E-state index contributed by atoms with van der Waals surface area (Å²) in [5.41, 5.74) is 5.83. The molecule has 0 aliphatic heterocycles. The fourth-order valence-corrected chi connectivity index (χ4v) is 3.16. The molecular weight excluding hydrogens is 206 g/mol. The zero-order valence-corrected chi connectivity index (χ0v) is 9.85. The van der Waals surface area contributed by atoms with Gasteiger partial charge in [-0.05, 0) is 37.1 Å². The molecule has 0 saturated heterocycles. The molecule has 15 heavy (non-hydrogen) atoms. The molecule has 1 saturated carbocycles. The van der Waals surface area contributed by atoms with Crippen molar-refractivity contribution in [1.82, 2.24) is 0 Å². The summed E-state index contributed by atoms with van der Waals surface area (Å²) in [5.74, 6) is 0.912. The van der Waals surface area contributed by atoms with Gasteiger partial charge in [0, 0.05) is 16.2 Å². The molecule has 2 rings (SSSR count). The van der Waals surface area contributed by atoms with E-state index in [2.05, 4.69) is 12.1 Å². The molecule has 0 radical (unpaired) electrons. The van der Waals surface area contributed by atoms with Crippen molar-refractivity contribution >= 4 is 11.8 Å². The summed E-state index contributed by atoms with van der Waals surface area (Å²) in [7, 11) is 1.69. The fraction of sp³-hybridized carbons (Fsp3) is 0.500. The molecule has 0 amide bonds. The van der Waals surface area contributed by atoms with Crippen LogP contribution in [0.25, 0.3) is 0 Å². The molecular formula is C12H17NOS. The van der Waals surface area contributed by atoms with Crippen molar-refractivity contribution in [3.63, 3.8) is 0 Å². The lowest BCUT2D eigenvalue weighted by Crippen LogP contribution is -2.40. The average molecular weight is 223 g/mol. The van der Waals surface area contributed by atoms with E-state index in [1.165, 1.54) is 24.2 Å². The predicted molar refractivity (Wildman–Crippen MR) is 64.5 cm³/mol. The molecule has 82 valence electrons. The summed E-state index contributed by atoms with van der Waals surface area (Å²) in [4.78, 5) is 1.29. The van der Waals surface area contributed by atoms with Crippen LogP contribution in [0.2, 0.25) is 0 Å². The van der Waals surface area contributed by atoms with Crippen molar-refractivity contribution in [1.29, 1.82) is 0 Å². The number of methoxy groups -OCH3 is 1. The van der Waals surface area contributed by atoms with Crippen molar-refractivity contribution < 1.29 is 4.74 Å². The Labute approximate surface area is 95.2 Å². The first-order valence-corrected chi connectivity index (χ1v) is 6.13. The Hall–Kier alpha value is -0.670. The lowest BCUT2D eigenvalue weighted by molar-refractivity contribution is 0.371. The number of rotatable bonds is 4. The lowest BCUT2D eigenvalue weighted by atomic mass is 9.84. The molecule has 0 bridgehead atoms. The Balaban J connectivity index is 2.03. The van der Waals surface area contributed by atoms with Crippen LogP contribution in [0.15, 0.2) is 29.2 Å². The number of hydrogen-bond donors (Lipinski definition) is 1. The zero-order valence-electron chi connectivity index (χ0n) is 9.03. The Kier molecular flexibility index (Phi) is 3.22. The number of hydrogen-bond acceptors (Lipinski definition) is 3. The van der Waals surface area contributed by atoms with Crippen molar-refractivity contribution in [2.75, 3.05) is 13.7 Å². The highest BCUT2D eigenvalue weighted by Crippen LogP contribution is 2.46. The van der Waals surface area contributed by atoms with Gasteiger partial charge >= 0.3 is 0 Å². The molecule has 0 heterocycles. The van der Waals surface area contributed by atoms with Gasteiger partial charge < -0.3 is 10.5 Å². The molecule has 1 aliphatic carbocycles. The maximum Gasteiger partial charge on any atom is 0.118 e. The lowest BCUT2D eigenvalue weighted by Gasteiger charge is -2.40. The monoisotopic (exact) mass is 223 g/mol. The molecule has 0 atom stereocenters. The third kappa shape index (κ3) is 2.29. The van der Waals surface area contributed by atoms with Gasteiger partial charge in [0.25, 0.3) is 0 Å². The second kappa shape index (κ2) is 4.45. The molecule has 1 fully saturated rings. The van der Waals surface area contributed by atoms with E-state index < -0.39 is 0 Å². The maximum atomic E-state index is 5.83. The van der Waals surface area contributed by atoms with Crippen molar-refractivity contribution in [3.05, 3.63) is 24.3 Å². The van der Waals surface area contributed by atoms with Gasteiger partial charge in [0.2, 0.25) is 0 Å². The number of nitrogens with two attached hydrogens (primary N) is 1. The van der Waals surface area contributed by atoms with E-state index in [0.717, 1.165) is 12.3 Å². The van der Waals surface area contributed by atoms with E-state index in [4.69, 9.17) is 10.5 Å². The van der Waals surface area contributed by atoms with Gasteiger partial charge in [-0.25, -0.2) is 0 Å². The molecule has 1 aromatic carbocycles. The van der Waals surface area contributed by atoms with Crippen LogP contribution in [-0.4, -0.2) is 18.4 Å². The summed E-state index contributed by atoms with van der Waals surface area (Å²) >= 11 is 1.92. The molecule has 1 aliphatic rings. The number of benzene rings is 1. The van der Waals surface area contributed by atoms with Crippen LogP contribution in [-0.2, 0) is 0 Å². The largest absolute Gasteiger partial charge is 0.497 e. The van der Waals surface area contributed by atoms with Crippen LogP contribution in [0.1, 0.15) is 19.3 Å². The van der Waals surface area contributed by atoms with E-state index >= 15 is 0 Å². The Morgan fingerprint density at radius 2 is 2.00 bits per heavy atom. The standard InChI is InChI=1S/C12H17NOS/c1-14-10-3-5-11(6-4-10)15-12(9-13)7-2-8-12/h3-6H,2,7-9,13H2,1H3. The van der Waals surface area contributed by atoms with Gasteiger partial charge in [0.1, 0.15) is 5.75 Å². The first-order valence-electron chi connectivity index (χ1n) is 5.31. The van der Waals surface area contributed by atoms with Gasteiger partial charge in [0.15, 0.2) is 0 Å². The minimum absolute atomic E-state index is 0.314. The quantitative estimate of drug-likeness (QED) is 0.852. The van der Waals surface area contributed by atoms with Gasteiger partial charge in [0.05, 0.1) is 7.11 Å². The highest BCUT2D eigenvalue weighted by atomic mass is 32.2. The molecule has 0 unspecified atom stereocenters. The highest BCUT2D eigenvalue weighted by molar-refractivity contribution is 8.00. The second-order valence-corrected chi connectivity index (χ2v) is 5.56. The third-order valence-corrected chi connectivity index (χ3v) is 4.55. The van der Waals surface area contributed by atoms with Crippen molar-refractivity contribution in [3.8, 4) is 5.75 Å². The molecule has 3 heteroatoms. The first-order chi connectivity index (χ1) is 7.28. The Morgan fingerprint density at radius 1 is 1.33 bits per heavy atom. The minimum Gasteiger partial charge on any atom is -0.497 e. The van der Waals surface area contributed by atoms with E-state index in [1.807, 2.05) is 23.9 Å². The third-order valence-electron chi connectivity index (χ3n) is 3.03. The average Bonchev–Trinajstić information content (AvgIpc) is 2.24. The first kappa shape index (κ1) is 10.8. The van der Waals surface area contributed by atoms with Crippen molar-refractivity contribution in [2.45, 2.75) is 28.9 Å². The summed E-state index contributed by atoms with van der Waals surface area (Å²) < 4.78 is 5.45. The normalized spacial score (nSPS) is 18.3. The van der Waals surface area contributed by atoms with Crippen LogP contribution in [0, 0.1) is 0 Å². The van der Waals surface area contributed by atoms with Crippen LogP contribution in [0.4, 0.5) is 0 Å². The maximum absolute atomic E-state index is 5.83. The van der Waals surface area contributed by atoms with E-state index in [1.54, 1.807) is 7.11 Å². The Morgan fingerprint density at radius 3 is 2.40 bits per heavy atom. The molecule has 0 aromatic heterocycles. The van der Waals surface area contributed by atoms with E-state index in [-0.39, 0.29) is 0 Å². The van der Waals surface area contributed by atoms with Crippen LogP contribution in [0.3, 0.4) is 0 Å². The van der Waals surface area contributed by atoms with E-state index in [0.29, 0.717) is 4.75 Å². The molecule has 2 nitrogen and oxygen atoms in total. The van der Waals surface area contributed by atoms with Gasteiger partial charge in [-0.2, -0.15) is 0 Å². The minimum atomic E-state index is 0.314. The van der Waals surface area contributed by atoms with Gasteiger partial charge in [-0.15, -0.1) is 11.8 Å². The van der Waals surface area contributed by atoms with Crippen LogP contribution >= 0.6 is 11.8 Å². The summed E-state index contributed by atoms with van der Waals surface area (Å²) in [6.07, 6.45) is 3.82. The topological polar surface area (TPSA) is 35.2 Å². The van der Waals surface area contributed by atoms with Gasteiger partial charge in [-0.3, -0.25) is 0 Å². The zero-order chi connectivity index (χ0) is 10.7. The van der Waals surface area contributed by atoms with Gasteiger partial charge in [-0.1, -0.05) is 6.42 Å².